The molecule has 0 aliphatic rings. The Morgan fingerprint density at radius 3 is 2.88 bits per heavy atom. The molecule has 1 aromatic rings. The summed E-state index contributed by atoms with van der Waals surface area (Å²) in [5.41, 5.74) is 0.215. The average molecular weight is 288 g/mol. The minimum absolute atomic E-state index is 0.00176. The summed E-state index contributed by atoms with van der Waals surface area (Å²) in [6.07, 6.45) is 0. The van der Waals surface area contributed by atoms with E-state index in [1.807, 2.05) is 6.92 Å². The van der Waals surface area contributed by atoms with Crippen LogP contribution in [0.15, 0.2) is 18.2 Å². The second-order valence-electron chi connectivity index (χ2n) is 3.41. The molecule has 0 aromatic heterocycles. The predicted octanol–water partition coefficient (Wildman–Crippen LogP) is 1.91. The van der Waals surface area contributed by atoms with Crippen molar-refractivity contribution in [2.75, 3.05) is 12.4 Å². The molecule has 0 aliphatic carbocycles. The molecule has 0 bridgehead atoms. The number of carbonyl (C=O) groups is 1. The van der Waals surface area contributed by atoms with Gasteiger partial charge in [0, 0.05) is 11.4 Å². The van der Waals surface area contributed by atoms with Crippen molar-refractivity contribution in [1.29, 1.82) is 0 Å². The fourth-order valence-electron chi connectivity index (χ4n) is 1.16. The Morgan fingerprint density at radius 1 is 1.62 bits per heavy atom. The summed E-state index contributed by atoms with van der Waals surface area (Å²) in [6, 6.07) is 4.54. The van der Waals surface area contributed by atoms with Gasteiger partial charge in [-0.15, -0.1) is 0 Å². The molecule has 0 heterocycles. The highest BCUT2D eigenvalue weighted by atomic mass is 79.9. The van der Waals surface area contributed by atoms with Crippen molar-refractivity contribution in [3.63, 3.8) is 0 Å². The molecule has 0 aliphatic heterocycles. The third-order valence-corrected chi connectivity index (χ3v) is 3.03. The lowest BCUT2D eigenvalue weighted by atomic mass is 10.1. The highest BCUT2D eigenvalue weighted by Gasteiger charge is 2.14. The van der Waals surface area contributed by atoms with Crippen molar-refractivity contribution >= 4 is 21.8 Å². The van der Waals surface area contributed by atoms with Crippen molar-refractivity contribution < 1.29 is 14.6 Å². The van der Waals surface area contributed by atoms with E-state index >= 15 is 0 Å². The number of nitrogens with one attached hydrogen (secondary N) is 1. The van der Waals surface area contributed by atoms with Gasteiger partial charge < -0.3 is 15.2 Å². The molecular weight excluding hydrogens is 274 g/mol. The molecule has 1 amide bonds. The Hall–Kier alpha value is -1.23. The fourth-order valence-corrected chi connectivity index (χ4v) is 1.33. The first kappa shape index (κ1) is 12.8. The maximum atomic E-state index is 11.8. The smallest absolute Gasteiger partial charge is 0.255 e. The van der Waals surface area contributed by atoms with E-state index in [2.05, 4.69) is 21.2 Å². The summed E-state index contributed by atoms with van der Waals surface area (Å²) in [5, 5.41) is 13.0. The van der Waals surface area contributed by atoms with E-state index in [0.29, 0.717) is 11.1 Å². The Labute approximate surface area is 103 Å². The van der Waals surface area contributed by atoms with E-state index in [9.17, 15) is 9.90 Å². The molecule has 0 spiro atoms. The van der Waals surface area contributed by atoms with Crippen LogP contribution in [-0.2, 0) is 0 Å². The largest absolute Gasteiger partial charge is 0.507 e. The lowest BCUT2D eigenvalue weighted by Gasteiger charge is -2.12. The van der Waals surface area contributed by atoms with Crippen LogP contribution in [-0.4, -0.2) is 29.5 Å². The summed E-state index contributed by atoms with van der Waals surface area (Å²) < 4.78 is 4.99. The summed E-state index contributed by atoms with van der Waals surface area (Å²) in [6.45, 7) is 1.86. The third kappa shape index (κ3) is 3.13. The number of rotatable bonds is 4. The number of carbonyl (C=O) groups excluding carboxylic acids is 1. The number of ether oxygens (including phenoxy) is 1. The quantitative estimate of drug-likeness (QED) is 0.832. The number of phenolic OH excluding ortho intramolecular Hbond substituents is 1. The van der Waals surface area contributed by atoms with E-state index in [-0.39, 0.29) is 23.3 Å². The first-order valence-electron chi connectivity index (χ1n) is 4.82. The second kappa shape index (κ2) is 5.75. The van der Waals surface area contributed by atoms with Crippen LogP contribution in [0.4, 0.5) is 0 Å². The Balaban J connectivity index is 2.89. The lowest BCUT2D eigenvalue weighted by Crippen LogP contribution is -2.33. The predicted molar refractivity (Wildman–Crippen MR) is 65.4 cm³/mol. The number of halogens is 1. The second-order valence-corrected chi connectivity index (χ2v) is 4.06. The van der Waals surface area contributed by atoms with E-state index in [0.717, 1.165) is 0 Å². The maximum absolute atomic E-state index is 11.8. The Kier molecular flexibility index (Phi) is 4.61. The molecule has 4 nitrogen and oxygen atoms in total. The normalized spacial score (nSPS) is 11.9. The van der Waals surface area contributed by atoms with Gasteiger partial charge in [-0.3, -0.25) is 4.79 Å². The summed E-state index contributed by atoms with van der Waals surface area (Å²) in [7, 11) is 1.51. The van der Waals surface area contributed by atoms with Gasteiger partial charge in [-0.1, -0.05) is 15.9 Å². The van der Waals surface area contributed by atoms with Crippen molar-refractivity contribution in [3.05, 3.63) is 23.8 Å². The first-order chi connectivity index (χ1) is 7.58. The number of hydrogen-bond acceptors (Lipinski definition) is 3. The third-order valence-electron chi connectivity index (χ3n) is 2.06. The standard InChI is InChI=1S/C11H14BrNO3/c1-7(6-12)13-11(15)9-5-8(16-2)3-4-10(9)14/h3-5,7,14H,6H2,1-2H3,(H,13,15). The van der Waals surface area contributed by atoms with Gasteiger partial charge in [-0.05, 0) is 25.1 Å². The molecule has 0 radical (unpaired) electrons. The summed E-state index contributed by atoms with van der Waals surface area (Å²) in [4.78, 5) is 11.8. The number of benzene rings is 1. The summed E-state index contributed by atoms with van der Waals surface area (Å²) in [5.74, 6) is 0.165. The van der Waals surface area contributed by atoms with Gasteiger partial charge in [0.1, 0.15) is 11.5 Å². The van der Waals surface area contributed by atoms with Crippen LogP contribution in [0.5, 0.6) is 11.5 Å². The van der Waals surface area contributed by atoms with Gasteiger partial charge in [0.05, 0.1) is 12.7 Å². The van der Waals surface area contributed by atoms with E-state index < -0.39 is 0 Å². The maximum Gasteiger partial charge on any atom is 0.255 e. The van der Waals surface area contributed by atoms with Crippen LogP contribution in [0.2, 0.25) is 0 Å². The molecule has 2 N–H and O–H groups in total. The van der Waals surface area contributed by atoms with Crippen molar-refractivity contribution in [2.45, 2.75) is 13.0 Å². The number of hydrogen-bond donors (Lipinski definition) is 2. The first-order valence-corrected chi connectivity index (χ1v) is 5.94. The zero-order valence-electron chi connectivity index (χ0n) is 9.16. The topological polar surface area (TPSA) is 58.6 Å². The van der Waals surface area contributed by atoms with Crippen molar-refractivity contribution in [2.24, 2.45) is 0 Å². The molecule has 1 aromatic carbocycles. The molecule has 1 unspecified atom stereocenters. The Morgan fingerprint density at radius 2 is 2.31 bits per heavy atom. The van der Waals surface area contributed by atoms with Gasteiger partial charge in [0.25, 0.3) is 5.91 Å². The lowest BCUT2D eigenvalue weighted by molar-refractivity contribution is 0.0941. The van der Waals surface area contributed by atoms with Crippen LogP contribution in [0.25, 0.3) is 0 Å². The average Bonchev–Trinajstić information content (AvgIpc) is 2.29. The number of phenols is 1. The number of methoxy groups -OCH3 is 1. The molecule has 0 saturated heterocycles. The molecular formula is C11H14BrNO3. The molecule has 0 fully saturated rings. The zero-order chi connectivity index (χ0) is 12.1. The van der Waals surface area contributed by atoms with Crippen molar-refractivity contribution in [1.82, 2.24) is 5.32 Å². The van der Waals surface area contributed by atoms with Gasteiger partial charge >= 0.3 is 0 Å². The number of alkyl halides is 1. The minimum Gasteiger partial charge on any atom is -0.507 e. The van der Waals surface area contributed by atoms with Gasteiger partial charge in [0.2, 0.25) is 0 Å². The fraction of sp³-hybridized carbons (Fsp3) is 0.364. The number of amides is 1. The molecule has 5 heteroatoms. The highest BCUT2D eigenvalue weighted by molar-refractivity contribution is 9.09. The van der Waals surface area contributed by atoms with Crippen molar-refractivity contribution in [3.8, 4) is 11.5 Å². The molecule has 1 rings (SSSR count). The van der Waals surface area contributed by atoms with Crippen LogP contribution in [0.3, 0.4) is 0 Å². The Bertz CT molecular complexity index is 381. The minimum atomic E-state index is -0.316. The van der Waals surface area contributed by atoms with E-state index in [4.69, 9.17) is 4.74 Å². The van der Waals surface area contributed by atoms with Crippen LogP contribution in [0, 0.1) is 0 Å². The van der Waals surface area contributed by atoms with Crippen LogP contribution in [0.1, 0.15) is 17.3 Å². The highest BCUT2D eigenvalue weighted by Crippen LogP contribution is 2.22. The monoisotopic (exact) mass is 287 g/mol. The molecule has 16 heavy (non-hydrogen) atoms. The number of aromatic hydroxyl groups is 1. The molecule has 0 saturated carbocycles. The SMILES string of the molecule is COc1ccc(O)c(C(=O)NC(C)CBr)c1. The van der Waals surface area contributed by atoms with Gasteiger partial charge in [0.15, 0.2) is 0 Å². The van der Waals surface area contributed by atoms with Crippen LogP contribution >= 0.6 is 15.9 Å². The van der Waals surface area contributed by atoms with E-state index in [1.165, 1.54) is 19.2 Å². The van der Waals surface area contributed by atoms with E-state index in [1.54, 1.807) is 6.07 Å². The van der Waals surface area contributed by atoms with Gasteiger partial charge in [-0.2, -0.15) is 0 Å². The summed E-state index contributed by atoms with van der Waals surface area (Å²) >= 11 is 3.26. The molecule has 88 valence electrons. The molecule has 1 atom stereocenters. The van der Waals surface area contributed by atoms with Gasteiger partial charge in [-0.25, -0.2) is 0 Å². The zero-order valence-corrected chi connectivity index (χ0v) is 10.7. The van der Waals surface area contributed by atoms with Crippen LogP contribution < -0.4 is 10.1 Å².